The third-order valence-electron chi connectivity index (χ3n) is 3.96. The van der Waals surface area contributed by atoms with Crippen molar-refractivity contribution in [1.29, 1.82) is 0 Å². The lowest BCUT2D eigenvalue weighted by atomic mass is 10.0. The molecule has 1 N–H and O–H groups in total. The number of carbonyl (C=O) groups is 1. The maximum Gasteiger partial charge on any atom is 0.271 e. The molecule has 2 aromatic rings. The van der Waals surface area contributed by atoms with Crippen LogP contribution in [0, 0.1) is 0 Å². The zero-order valence-corrected chi connectivity index (χ0v) is 14.5. The van der Waals surface area contributed by atoms with Gasteiger partial charge >= 0.3 is 0 Å². The van der Waals surface area contributed by atoms with Crippen LogP contribution >= 0.6 is 0 Å². The molecule has 24 heavy (non-hydrogen) atoms. The molecule has 1 aromatic heterocycles. The number of rotatable bonds is 8. The minimum absolute atomic E-state index is 0.232. The van der Waals surface area contributed by atoms with Crippen molar-refractivity contribution in [3.63, 3.8) is 0 Å². The Balaban J connectivity index is 1.89. The van der Waals surface area contributed by atoms with Gasteiger partial charge in [-0.1, -0.05) is 50.5 Å². The van der Waals surface area contributed by atoms with Crippen molar-refractivity contribution in [2.75, 3.05) is 0 Å². The lowest BCUT2D eigenvalue weighted by Crippen LogP contribution is -2.19. The lowest BCUT2D eigenvalue weighted by Gasteiger charge is -2.05. The van der Waals surface area contributed by atoms with E-state index in [1.807, 2.05) is 6.92 Å². The Morgan fingerprint density at radius 1 is 1.00 bits per heavy atom. The van der Waals surface area contributed by atoms with Crippen molar-refractivity contribution in [2.45, 2.75) is 46.0 Å². The molecule has 0 aliphatic carbocycles. The van der Waals surface area contributed by atoms with Gasteiger partial charge in [0.25, 0.3) is 5.91 Å². The zero-order valence-electron chi connectivity index (χ0n) is 14.5. The summed E-state index contributed by atoms with van der Waals surface area (Å²) >= 11 is 0. The molecule has 1 heterocycles. The summed E-state index contributed by atoms with van der Waals surface area (Å²) in [5.41, 5.74) is 6.28. The van der Waals surface area contributed by atoms with Crippen LogP contribution in [0.2, 0.25) is 0 Å². The molecule has 0 aliphatic heterocycles. The van der Waals surface area contributed by atoms with E-state index in [-0.39, 0.29) is 5.91 Å². The van der Waals surface area contributed by atoms with Crippen LogP contribution in [0.3, 0.4) is 0 Å². The van der Waals surface area contributed by atoms with E-state index in [4.69, 9.17) is 0 Å². The van der Waals surface area contributed by atoms with Gasteiger partial charge in [0.05, 0.1) is 5.71 Å². The fourth-order valence-corrected chi connectivity index (χ4v) is 2.44. The second-order valence-electron chi connectivity index (χ2n) is 5.88. The molecule has 0 fully saturated rings. The second-order valence-corrected chi connectivity index (χ2v) is 5.88. The summed E-state index contributed by atoms with van der Waals surface area (Å²) in [6.07, 6.45) is 9.40. The van der Waals surface area contributed by atoms with Crippen LogP contribution in [0.1, 0.15) is 61.0 Å². The molecular weight excluding hydrogens is 298 g/mol. The van der Waals surface area contributed by atoms with Gasteiger partial charge in [0.1, 0.15) is 0 Å². The van der Waals surface area contributed by atoms with E-state index in [1.165, 1.54) is 31.2 Å². The fraction of sp³-hybridized carbons (Fsp3) is 0.350. The Bertz CT molecular complexity index is 663. The van der Waals surface area contributed by atoms with Crippen molar-refractivity contribution < 1.29 is 4.79 Å². The Morgan fingerprint density at radius 3 is 2.38 bits per heavy atom. The Hall–Kier alpha value is -2.49. The largest absolute Gasteiger partial charge is 0.271 e. The number of nitrogens with one attached hydrogen (secondary N) is 1. The quantitative estimate of drug-likeness (QED) is 0.446. The van der Waals surface area contributed by atoms with Gasteiger partial charge in [-0.2, -0.15) is 5.10 Å². The lowest BCUT2D eigenvalue weighted by molar-refractivity contribution is 0.0954. The van der Waals surface area contributed by atoms with Gasteiger partial charge in [-0.15, -0.1) is 0 Å². The maximum atomic E-state index is 12.0. The van der Waals surface area contributed by atoms with Crippen LogP contribution < -0.4 is 5.43 Å². The Labute approximate surface area is 144 Å². The molecule has 0 saturated heterocycles. The van der Waals surface area contributed by atoms with E-state index >= 15 is 0 Å². The molecule has 126 valence electrons. The molecule has 0 bridgehead atoms. The molecule has 0 aliphatic rings. The number of aromatic nitrogens is 1. The monoisotopic (exact) mass is 323 g/mol. The van der Waals surface area contributed by atoms with Crippen LogP contribution in [0.15, 0.2) is 53.9 Å². The van der Waals surface area contributed by atoms with Gasteiger partial charge in [-0.3, -0.25) is 9.78 Å². The first-order valence-electron chi connectivity index (χ1n) is 8.54. The highest BCUT2D eigenvalue weighted by molar-refractivity contribution is 6.00. The van der Waals surface area contributed by atoms with Crippen LogP contribution in [0.4, 0.5) is 0 Å². The number of pyridine rings is 1. The summed E-state index contributed by atoms with van der Waals surface area (Å²) in [7, 11) is 0. The average molecular weight is 323 g/mol. The number of hydrazone groups is 1. The van der Waals surface area contributed by atoms with Crippen molar-refractivity contribution in [1.82, 2.24) is 10.4 Å². The van der Waals surface area contributed by atoms with Gasteiger partial charge in [0.15, 0.2) is 0 Å². The first kappa shape index (κ1) is 17.9. The van der Waals surface area contributed by atoms with E-state index in [2.05, 4.69) is 46.7 Å². The van der Waals surface area contributed by atoms with Crippen molar-refractivity contribution in [3.8, 4) is 0 Å². The maximum absolute atomic E-state index is 12.0. The minimum atomic E-state index is -0.232. The van der Waals surface area contributed by atoms with Crippen LogP contribution in [0.5, 0.6) is 0 Å². The molecule has 0 saturated carbocycles. The van der Waals surface area contributed by atoms with Gasteiger partial charge in [0.2, 0.25) is 0 Å². The number of benzene rings is 1. The summed E-state index contributed by atoms with van der Waals surface area (Å²) in [6, 6.07) is 11.7. The van der Waals surface area contributed by atoms with Gasteiger partial charge in [0, 0.05) is 18.0 Å². The number of aryl methyl sites for hydroxylation is 1. The Kier molecular flexibility index (Phi) is 7.15. The predicted molar refractivity (Wildman–Crippen MR) is 98.2 cm³/mol. The van der Waals surface area contributed by atoms with Crippen LogP contribution in [-0.4, -0.2) is 16.6 Å². The number of hydrogen-bond donors (Lipinski definition) is 1. The number of hydrogen-bond acceptors (Lipinski definition) is 3. The molecule has 1 aromatic carbocycles. The van der Waals surface area contributed by atoms with E-state index in [0.717, 1.165) is 17.7 Å². The highest BCUT2D eigenvalue weighted by Gasteiger charge is 2.04. The smallest absolute Gasteiger partial charge is 0.267 e. The molecular formula is C20H25N3O. The molecule has 4 nitrogen and oxygen atoms in total. The first-order chi connectivity index (χ1) is 11.7. The number of amides is 1. The molecule has 0 radical (unpaired) electrons. The van der Waals surface area contributed by atoms with E-state index in [0.29, 0.717) is 5.56 Å². The van der Waals surface area contributed by atoms with E-state index in [9.17, 15) is 4.79 Å². The summed E-state index contributed by atoms with van der Waals surface area (Å²) in [5.74, 6) is -0.232. The number of carbonyl (C=O) groups excluding carboxylic acids is 1. The molecule has 0 unspecified atom stereocenters. The van der Waals surface area contributed by atoms with Crippen molar-refractivity contribution in [2.24, 2.45) is 5.10 Å². The van der Waals surface area contributed by atoms with E-state index in [1.54, 1.807) is 24.5 Å². The minimum Gasteiger partial charge on any atom is -0.267 e. The van der Waals surface area contributed by atoms with Crippen LogP contribution in [0.25, 0.3) is 0 Å². The molecule has 0 spiro atoms. The summed E-state index contributed by atoms with van der Waals surface area (Å²) in [4.78, 5) is 15.9. The van der Waals surface area contributed by atoms with Gasteiger partial charge in [-0.25, -0.2) is 5.43 Å². The normalized spacial score (nSPS) is 11.3. The second kappa shape index (κ2) is 9.60. The van der Waals surface area contributed by atoms with Gasteiger partial charge < -0.3 is 0 Å². The zero-order chi connectivity index (χ0) is 17.2. The molecule has 0 atom stereocenters. The summed E-state index contributed by atoms with van der Waals surface area (Å²) < 4.78 is 0. The highest BCUT2D eigenvalue weighted by Crippen LogP contribution is 2.10. The number of nitrogens with zero attached hydrogens (tertiary/aromatic N) is 2. The third kappa shape index (κ3) is 5.61. The average Bonchev–Trinajstić information content (AvgIpc) is 2.64. The predicted octanol–water partition coefficient (Wildman–Crippen LogP) is 4.36. The Morgan fingerprint density at radius 2 is 1.71 bits per heavy atom. The van der Waals surface area contributed by atoms with Gasteiger partial charge in [-0.05, 0) is 43.0 Å². The fourth-order valence-electron chi connectivity index (χ4n) is 2.44. The summed E-state index contributed by atoms with van der Waals surface area (Å²) in [5, 5.41) is 4.18. The molecule has 1 amide bonds. The van der Waals surface area contributed by atoms with Crippen molar-refractivity contribution in [3.05, 3.63) is 65.5 Å². The van der Waals surface area contributed by atoms with Crippen molar-refractivity contribution >= 4 is 11.6 Å². The number of unbranched alkanes of at least 4 members (excludes halogenated alkanes) is 3. The third-order valence-corrected chi connectivity index (χ3v) is 3.96. The molecule has 4 heteroatoms. The molecule has 2 rings (SSSR count). The SMILES string of the molecule is CCCCCCc1ccc(/C(C)=N\NC(=O)c2ccncc2)cc1. The summed E-state index contributed by atoms with van der Waals surface area (Å²) in [6.45, 7) is 4.12. The standard InChI is InChI=1S/C20H25N3O/c1-3-4-5-6-7-17-8-10-18(11-9-17)16(2)22-23-20(24)19-12-14-21-15-13-19/h8-15H,3-7H2,1-2H3,(H,23,24)/b22-16-. The van der Waals surface area contributed by atoms with E-state index < -0.39 is 0 Å². The highest BCUT2D eigenvalue weighted by atomic mass is 16.2. The topological polar surface area (TPSA) is 54.4 Å². The van der Waals surface area contributed by atoms with Crippen LogP contribution in [-0.2, 0) is 6.42 Å². The first-order valence-corrected chi connectivity index (χ1v) is 8.54.